The van der Waals surface area contributed by atoms with E-state index in [9.17, 15) is 4.79 Å². The topological polar surface area (TPSA) is 37.3 Å². The van der Waals surface area contributed by atoms with E-state index in [-0.39, 0.29) is 4.58 Å². The number of thioether (sulfide) groups is 2. The van der Waals surface area contributed by atoms with Gasteiger partial charge in [0, 0.05) is 17.6 Å². The summed E-state index contributed by atoms with van der Waals surface area (Å²) in [6, 6.07) is 9.75. The van der Waals surface area contributed by atoms with Gasteiger partial charge in [0.05, 0.1) is 4.58 Å². The van der Waals surface area contributed by atoms with Crippen molar-refractivity contribution in [3.63, 3.8) is 0 Å². The van der Waals surface area contributed by atoms with Crippen molar-refractivity contribution in [3.8, 4) is 0 Å². The van der Waals surface area contributed by atoms with Gasteiger partial charge in [-0.25, -0.2) is 4.79 Å². The first kappa shape index (κ1) is 11.6. The molecule has 1 aliphatic heterocycles. The third-order valence-corrected chi connectivity index (χ3v) is 5.33. The Bertz CT molecular complexity index is 395. The molecule has 1 aromatic carbocycles. The average Bonchev–Trinajstić information content (AvgIpc) is 2.80. The maximum atomic E-state index is 10.8. The molecule has 16 heavy (non-hydrogen) atoms. The SMILES string of the molecule is O=C(O)C=C(c1ccccc1)C1SCCS1. The fourth-order valence-corrected chi connectivity index (χ4v) is 4.52. The molecule has 0 unspecified atom stereocenters. The zero-order valence-electron chi connectivity index (χ0n) is 8.63. The molecule has 0 spiro atoms. The van der Waals surface area contributed by atoms with Crippen molar-refractivity contribution in [2.75, 3.05) is 11.5 Å². The molecule has 2 nitrogen and oxygen atoms in total. The lowest BCUT2D eigenvalue weighted by atomic mass is 10.1. The van der Waals surface area contributed by atoms with Crippen LogP contribution < -0.4 is 0 Å². The van der Waals surface area contributed by atoms with Crippen molar-refractivity contribution in [1.82, 2.24) is 0 Å². The summed E-state index contributed by atoms with van der Waals surface area (Å²) in [7, 11) is 0. The minimum atomic E-state index is -0.869. The maximum absolute atomic E-state index is 10.8. The van der Waals surface area contributed by atoms with Crippen molar-refractivity contribution in [2.45, 2.75) is 4.58 Å². The number of aliphatic carboxylic acids is 1. The Hall–Kier alpha value is -0.870. The number of rotatable bonds is 3. The Kier molecular flexibility index (Phi) is 3.96. The number of carbonyl (C=O) groups is 1. The summed E-state index contributed by atoms with van der Waals surface area (Å²) >= 11 is 3.64. The van der Waals surface area contributed by atoms with Gasteiger partial charge in [-0.1, -0.05) is 30.3 Å². The molecule has 4 heteroatoms. The highest BCUT2D eigenvalue weighted by atomic mass is 32.2. The normalized spacial score (nSPS) is 17.6. The zero-order valence-corrected chi connectivity index (χ0v) is 10.3. The summed E-state index contributed by atoms with van der Waals surface area (Å²) < 4.78 is 0.262. The van der Waals surface area contributed by atoms with Gasteiger partial charge in [-0.2, -0.15) is 0 Å². The first-order chi connectivity index (χ1) is 7.77. The van der Waals surface area contributed by atoms with E-state index >= 15 is 0 Å². The molecule has 0 bridgehead atoms. The molecule has 0 amide bonds. The van der Waals surface area contributed by atoms with Crippen LogP contribution in [-0.4, -0.2) is 27.2 Å². The van der Waals surface area contributed by atoms with Crippen LogP contribution in [0.25, 0.3) is 5.57 Å². The van der Waals surface area contributed by atoms with Gasteiger partial charge in [-0.3, -0.25) is 0 Å². The second-order valence-corrected chi connectivity index (χ2v) is 6.10. The first-order valence-electron chi connectivity index (χ1n) is 5.00. The van der Waals surface area contributed by atoms with E-state index in [2.05, 4.69) is 0 Å². The number of benzene rings is 1. The van der Waals surface area contributed by atoms with E-state index < -0.39 is 5.97 Å². The summed E-state index contributed by atoms with van der Waals surface area (Å²) in [6.07, 6.45) is 1.34. The summed E-state index contributed by atoms with van der Waals surface area (Å²) in [4.78, 5) is 10.8. The van der Waals surface area contributed by atoms with E-state index in [1.165, 1.54) is 6.08 Å². The number of carboxylic acids is 1. The second-order valence-electron chi connectivity index (χ2n) is 3.38. The average molecular weight is 252 g/mol. The molecular weight excluding hydrogens is 240 g/mol. The molecule has 0 saturated carbocycles. The van der Waals surface area contributed by atoms with Gasteiger partial charge in [0.25, 0.3) is 0 Å². The fourth-order valence-electron chi connectivity index (χ4n) is 1.59. The molecule has 84 valence electrons. The smallest absolute Gasteiger partial charge is 0.328 e. The molecule has 2 rings (SSSR count). The van der Waals surface area contributed by atoms with Crippen molar-refractivity contribution >= 4 is 35.1 Å². The maximum Gasteiger partial charge on any atom is 0.328 e. The number of hydrogen-bond donors (Lipinski definition) is 1. The van der Waals surface area contributed by atoms with Crippen molar-refractivity contribution in [3.05, 3.63) is 42.0 Å². The predicted molar refractivity (Wildman–Crippen MR) is 70.8 cm³/mol. The molecule has 1 saturated heterocycles. The minimum absolute atomic E-state index is 0.262. The summed E-state index contributed by atoms with van der Waals surface area (Å²) in [6.45, 7) is 0. The van der Waals surface area contributed by atoms with Crippen molar-refractivity contribution in [1.29, 1.82) is 0 Å². The third kappa shape index (κ3) is 2.83. The van der Waals surface area contributed by atoms with Crippen LogP contribution in [0.2, 0.25) is 0 Å². The Morgan fingerprint density at radius 1 is 1.25 bits per heavy atom. The molecule has 1 aromatic rings. The standard InChI is InChI=1S/C12H12O2S2/c13-11(14)8-10(12-15-6-7-16-12)9-4-2-1-3-5-9/h1-5,8,12H,6-7H2,(H,13,14). The zero-order chi connectivity index (χ0) is 11.4. The Morgan fingerprint density at radius 2 is 1.88 bits per heavy atom. The van der Waals surface area contributed by atoms with E-state index in [0.29, 0.717) is 0 Å². The highest BCUT2D eigenvalue weighted by Crippen LogP contribution is 2.41. The van der Waals surface area contributed by atoms with E-state index in [4.69, 9.17) is 5.11 Å². The molecule has 1 N–H and O–H groups in total. The highest BCUT2D eigenvalue weighted by Gasteiger charge is 2.22. The molecule has 1 aliphatic rings. The van der Waals surface area contributed by atoms with Crippen LogP contribution in [0.4, 0.5) is 0 Å². The van der Waals surface area contributed by atoms with Crippen LogP contribution in [0.3, 0.4) is 0 Å². The third-order valence-electron chi connectivity index (χ3n) is 2.26. The van der Waals surface area contributed by atoms with Gasteiger partial charge in [0.2, 0.25) is 0 Å². The number of carboxylic acid groups (broad SMARTS) is 1. The largest absolute Gasteiger partial charge is 0.478 e. The summed E-state index contributed by atoms with van der Waals surface area (Å²) in [5, 5.41) is 8.91. The lowest BCUT2D eigenvalue weighted by Gasteiger charge is -2.12. The van der Waals surface area contributed by atoms with Gasteiger partial charge >= 0.3 is 5.97 Å². The van der Waals surface area contributed by atoms with Crippen LogP contribution in [0.5, 0.6) is 0 Å². The van der Waals surface area contributed by atoms with Crippen LogP contribution in [0, 0.1) is 0 Å². The molecule has 1 fully saturated rings. The van der Waals surface area contributed by atoms with Crippen LogP contribution in [0.15, 0.2) is 36.4 Å². The molecular formula is C12H12O2S2. The van der Waals surface area contributed by atoms with E-state index in [1.807, 2.05) is 53.9 Å². The van der Waals surface area contributed by atoms with Crippen molar-refractivity contribution < 1.29 is 9.90 Å². The first-order valence-corrected chi connectivity index (χ1v) is 7.10. The predicted octanol–water partition coefficient (Wildman–Crippen LogP) is 2.96. The monoisotopic (exact) mass is 252 g/mol. The molecule has 0 aromatic heterocycles. The van der Waals surface area contributed by atoms with E-state index in [0.717, 1.165) is 22.6 Å². The minimum Gasteiger partial charge on any atom is -0.478 e. The molecule has 0 atom stereocenters. The Labute approximate surface area is 103 Å². The van der Waals surface area contributed by atoms with Crippen LogP contribution in [-0.2, 0) is 4.79 Å². The van der Waals surface area contributed by atoms with Gasteiger partial charge in [-0.15, -0.1) is 23.5 Å². The van der Waals surface area contributed by atoms with Gasteiger partial charge in [0.1, 0.15) is 0 Å². The molecule has 0 aliphatic carbocycles. The number of hydrogen-bond acceptors (Lipinski definition) is 3. The van der Waals surface area contributed by atoms with Crippen LogP contribution >= 0.6 is 23.5 Å². The Balaban J connectivity index is 2.31. The Morgan fingerprint density at radius 3 is 2.44 bits per heavy atom. The van der Waals surface area contributed by atoms with Crippen LogP contribution in [0.1, 0.15) is 5.56 Å². The molecule has 0 radical (unpaired) electrons. The molecule has 1 heterocycles. The lowest BCUT2D eigenvalue weighted by Crippen LogP contribution is -2.01. The lowest BCUT2D eigenvalue weighted by molar-refractivity contribution is -0.131. The van der Waals surface area contributed by atoms with Gasteiger partial charge in [-0.05, 0) is 11.1 Å². The second kappa shape index (κ2) is 5.46. The quantitative estimate of drug-likeness (QED) is 0.839. The van der Waals surface area contributed by atoms with E-state index in [1.54, 1.807) is 0 Å². The summed E-state index contributed by atoms with van der Waals surface area (Å²) in [5.74, 6) is 1.32. The van der Waals surface area contributed by atoms with Crippen molar-refractivity contribution in [2.24, 2.45) is 0 Å². The van der Waals surface area contributed by atoms with Gasteiger partial charge in [0.15, 0.2) is 0 Å². The highest BCUT2D eigenvalue weighted by molar-refractivity contribution is 8.20. The fraction of sp³-hybridized carbons (Fsp3) is 0.250. The van der Waals surface area contributed by atoms with Gasteiger partial charge < -0.3 is 5.11 Å². The summed E-state index contributed by atoms with van der Waals surface area (Å²) in [5.41, 5.74) is 1.93.